The Labute approximate surface area is 137 Å². The highest BCUT2D eigenvalue weighted by Gasteiger charge is 2.09. The van der Waals surface area contributed by atoms with Gasteiger partial charge in [0.1, 0.15) is 0 Å². The largest absolute Gasteiger partial charge is 0.352 e. The minimum absolute atomic E-state index is 0.0413. The summed E-state index contributed by atoms with van der Waals surface area (Å²) in [7, 11) is 0. The molecule has 122 valence electrons. The molecule has 0 aliphatic carbocycles. The van der Waals surface area contributed by atoms with Gasteiger partial charge in [-0.25, -0.2) is 4.79 Å². The maximum Gasteiger partial charge on any atom is 0.328 e. The molecule has 0 radical (unpaired) electrons. The average molecular weight is 323 g/mol. The number of fused-ring (bicyclic) bond motifs is 1. The molecule has 1 amide bonds. The number of amides is 1. The van der Waals surface area contributed by atoms with Gasteiger partial charge in [-0.3, -0.25) is 14.2 Å². The summed E-state index contributed by atoms with van der Waals surface area (Å²) in [6.45, 7) is 0.461. The molecule has 0 aliphatic heterocycles. The summed E-state index contributed by atoms with van der Waals surface area (Å²) in [4.78, 5) is 39.0. The van der Waals surface area contributed by atoms with Gasteiger partial charge in [-0.1, -0.05) is 42.5 Å². The second-order valence-electron chi connectivity index (χ2n) is 5.44. The van der Waals surface area contributed by atoms with Crippen LogP contribution in [-0.2, 0) is 17.9 Å². The summed E-state index contributed by atoms with van der Waals surface area (Å²) in [6.07, 6.45) is 0.0637. The number of rotatable bonds is 5. The lowest BCUT2D eigenvalue weighted by Gasteiger charge is -2.07. The van der Waals surface area contributed by atoms with Gasteiger partial charge in [-0.05, 0) is 17.7 Å². The van der Waals surface area contributed by atoms with Crippen LogP contribution in [0.25, 0.3) is 10.9 Å². The zero-order chi connectivity index (χ0) is 16.9. The van der Waals surface area contributed by atoms with Crippen molar-refractivity contribution in [2.75, 3.05) is 0 Å². The van der Waals surface area contributed by atoms with E-state index in [4.69, 9.17) is 0 Å². The number of nitrogens with one attached hydrogen (secondary N) is 2. The van der Waals surface area contributed by atoms with E-state index in [1.54, 1.807) is 24.3 Å². The second kappa shape index (κ2) is 6.95. The van der Waals surface area contributed by atoms with Crippen molar-refractivity contribution < 1.29 is 4.79 Å². The fraction of sp³-hybridized carbons (Fsp3) is 0.167. The van der Waals surface area contributed by atoms with Crippen LogP contribution in [0.5, 0.6) is 0 Å². The molecule has 2 N–H and O–H groups in total. The second-order valence-corrected chi connectivity index (χ2v) is 5.44. The first-order valence-electron chi connectivity index (χ1n) is 7.67. The third-order valence-corrected chi connectivity index (χ3v) is 3.78. The van der Waals surface area contributed by atoms with Crippen molar-refractivity contribution >= 4 is 16.8 Å². The Hall–Kier alpha value is -3.15. The van der Waals surface area contributed by atoms with Crippen LogP contribution in [0.4, 0.5) is 0 Å². The molecule has 0 fully saturated rings. The fourth-order valence-corrected chi connectivity index (χ4v) is 2.50. The highest BCUT2D eigenvalue weighted by molar-refractivity contribution is 5.77. The number of aromatic nitrogens is 2. The van der Waals surface area contributed by atoms with E-state index in [2.05, 4.69) is 10.3 Å². The van der Waals surface area contributed by atoms with Gasteiger partial charge in [-0.15, -0.1) is 0 Å². The lowest BCUT2D eigenvalue weighted by molar-refractivity contribution is -0.121. The molecule has 3 rings (SSSR count). The van der Waals surface area contributed by atoms with Gasteiger partial charge in [0.05, 0.1) is 10.9 Å². The number of nitrogens with zero attached hydrogens (tertiary/aromatic N) is 1. The Morgan fingerprint density at radius 1 is 1.00 bits per heavy atom. The maximum absolute atomic E-state index is 12.4. The van der Waals surface area contributed by atoms with E-state index in [1.807, 2.05) is 30.3 Å². The van der Waals surface area contributed by atoms with Gasteiger partial charge < -0.3 is 10.3 Å². The smallest absolute Gasteiger partial charge is 0.328 e. The van der Waals surface area contributed by atoms with E-state index >= 15 is 0 Å². The van der Waals surface area contributed by atoms with Gasteiger partial charge in [0.15, 0.2) is 0 Å². The van der Waals surface area contributed by atoms with Gasteiger partial charge in [0.25, 0.3) is 5.56 Å². The number of para-hydroxylation sites is 1. The van der Waals surface area contributed by atoms with E-state index < -0.39 is 5.69 Å². The summed E-state index contributed by atoms with van der Waals surface area (Å²) in [5.74, 6) is -0.210. The molecule has 2 aromatic carbocycles. The summed E-state index contributed by atoms with van der Waals surface area (Å²) in [6, 6.07) is 16.3. The van der Waals surface area contributed by atoms with Gasteiger partial charge in [0.2, 0.25) is 5.91 Å². The first kappa shape index (κ1) is 15.7. The van der Waals surface area contributed by atoms with E-state index in [-0.39, 0.29) is 24.4 Å². The van der Waals surface area contributed by atoms with E-state index in [0.29, 0.717) is 17.4 Å². The van der Waals surface area contributed by atoms with E-state index in [9.17, 15) is 14.4 Å². The molecule has 0 spiro atoms. The van der Waals surface area contributed by atoms with Gasteiger partial charge >= 0.3 is 5.69 Å². The summed E-state index contributed by atoms with van der Waals surface area (Å²) in [5.41, 5.74) is 0.601. The molecule has 0 unspecified atom stereocenters. The van der Waals surface area contributed by atoms with Crippen LogP contribution in [0.3, 0.4) is 0 Å². The number of aromatic amines is 1. The maximum atomic E-state index is 12.4. The van der Waals surface area contributed by atoms with Crippen LogP contribution in [0.1, 0.15) is 12.0 Å². The molecule has 3 aromatic rings. The Morgan fingerprint density at radius 2 is 1.71 bits per heavy atom. The number of carbonyl (C=O) groups is 1. The summed E-state index contributed by atoms with van der Waals surface area (Å²) >= 11 is 0. The molecule has 24 heavy (non-hydrogen) atoms. The molecule has 1 heterocycles. The minimum Gasteiger partial charge on any atom is -0.352 e. The molecule has 0 atom stereocenters. The number of hydrogen-bond donors (Lipinski definition) is 2. The number of H-pyrrole nitrogens is 1. The predicted octanol–water partition coefficient (Wildman–Crippen LogP) is 1.40. The molecule has 0 bridgehead atoms. The zero-order valence-electron chi connectivity index (χ0n) is 13.0. The Kier molecular flexibility index (Phi) is 4.56. The number of benzene rings is 2. The molecule has 1 aromatic heterocycles. The number of hydrogen-bond acceptors (Lipinski definition) is 3. The molecule has 0 aliphatic rings. The molecule has 6 heteroatoms. The standard InChI is InChI=1S/C18H17N3O3/c22-16(19-12-13-6-2-1-3-7-13)10-11-21-17(23)14-8-4-5-9-15(14)20-18(21)24/h1-9H,10-12H2,(H,19,22)(H,20,24). The molecule has 0 saturated heterocycles. The van der Waals surface area contributed by atoms with E-state index in [0.717, 1.165) is 10.1 Å². The molecular formula is C18H17N3O3. The van der Waals surface area contributed by atoms with Crippen LogP contribution in [0, 0.1) is 0 Å². The SMILES string of the molecule is O=C(CCn1c(=O)[nH]c2ccccc2c1=O)NCc1ccccc1. The lowest BCUT2D eigenvalue weighted by atomic mass is 10.2. The third kappa shape index (κ3) is 3.43. The summed E-state index contributed by atoms with van der Waals surface area (Å²) < 4.78 is 1.06. The Morgan fingerprint density at radius 3 is 2.50 bits per heavy atom. The number of carbonyl (C=O) groups excluding carboxylic acids is 1. The van der Waals surface area contributed by atoms with Crippen molar-refractivity contribution in [2.45, 2.75) is 19.5 Å². The van der Waals surface area contributed by atoms with Crippen molar-refractivity contribution in [2.24, 2.45) is 0 Å². The average Bonchev–Trinajstić information content (AvgIpc) is 2.60. The van der Waals surface area contributed by atoms with Crippen molar-refractivity contribution in [3.8, 4) is 0 Å². The monoisotopic (exact) mass is 323 g/mol. The third-order valence-electron chi connectivity index (χ3n) is 3.78. The predicted molar refractivity (Wildman–Crippen MR) is 91.7 cm³/mol. The first-order valence-corrected chi connectivity index (χ1v) is 7.67. The molecular weight excluding hydrogens is 306 g/mol. The van der Waals surface area contributed by atoms with E-state index in [1.165, 1.54) is 0 Å². The first-order chi connectivity index (χ1) is 11.6. The highest BCUT2D eigenvalue weighted by Crippen LogP contribution is 2.03. The molecule has 0 saturated carbocycles. The summed E-state index contributed by atoms with van der Waals surface area (Å²) in [5, 5.41) is 3.21. The van der Waals surface area contributed by atoms with Crippen LogP contribution in [-0.4, -0.2) is 15.5 Å². The van der Waals surface area contributed by atoms with Gasteiger partial charge in [0, 0.05) is 19.5 Å². The Balaban J connectivity index is 1.68. The topological polar surface area (TPSA) is 84.0 Å². The van der Waals surface area contributed by atoms with Crippen molar-refractivity contribution in [3.05, 3.63) is 81.0 Å². The fourth-order valence-electron chi connectivity index (χ4n) is 2.50. The van der Waals surface area contributed by atoms with Crippen LogP contribution < -0.4 is 16.6 Å². The van der Waals surface area contributed by atoms with Crippen LogP contribution in [0.2, 0.25) is 0 Å². The minimum atomic E-state index is -0.505. The normalized spacial score (nSPS) is 10.7. The Bertz CT molecular complexity index is 974. The molecule has 6 nitrogen and oxygen atoms in total. The quantitative estimate of drug-likeness (QED) is 0.744. The van der Waals surface area contributed by atoms with Crippen molar-refractivity contribution in [1.82, 2.24) is 14.9 Å². The van der Waals surface area contributed by atoms with Crippen LogP contribution in [0.15, 0.2) is 64.2 Å². The van der Waals surface area contributed by atoms with Crippen LogP contribution >= 0.6 is 0 Å². The van der Waals surface area contributed by atoms with Crippen molar-refractivity contribution in [1.29, 1.82) is 0 Å². The van der Waals surface area contributed by atoms with Gasteiger partial charge in [-0.2, -0.15) is 0 Å². The lowest BCUT2D eigenvalue weighted by Crippen LogP contribution is -2.36. The zero-order valence-corrected chi connectivity index (χ0v) is 13.0. The van der Waals surface area contributed by atoms with Crippen molar-refractivity contribution in [3.63, 3.8) is 0 Å². The highest BCUT2D eigenvalue weighted by atomic mass is 16.2.